The molecule has 0 spiro atoms. The molecular formula is C15H11N2. The van der Waals surface area contributed by atoms with Crippen LogP contribution >= 0.6 is 0 Å². The minimum absolute atomic E-state index is 0.975. The van der Waals surface area contributed by atoms with Gasteiger partial charge in [0, 0.05) is 17.4 Å². The van der Waals surface area contributed by atoms with Crippen molar-refractivity contribution in [1.29, 1.82) is 0 Å². The molecule has 1 heterocycles. The van der Waals surface area contributed by atoms with E-state index < -0.39 is 0 Å². The highest BCUT2D eigenvalue weighted by molar-refractivity contribution is 5.58. The summed E-state index contributed by atoms with van der Waals surface area (Å²) in [5.74, 6) is 0. The van der Waals surface area contributed by atoms with Crippen molar-refractivity contribution in [2.45, 2.75) is 0 Å². The third-order valence-corrected chi connectivity index (χ3v) is 2.65. The normalized spacial score (nSPS) is 10.4. The van der Waals surface area contributed by atoms with E-state index in [1.807, 2.05) is 59.6 Å². The van der Waals surface area contributed by atoms with Gasteiger partial charge in [0.25, 0.3) is 0 Å². The zero-order chi connectivity index (χ0) is 11.5. The van der Waals surface area contributed by atoms with Crippen molar-refractivity contribution >= 4 is 0 Å². The molecule has 0 saturated heterocycles. The monoisotopic (exact) mass is 219 g/mol. The number of para-hydroxylation sites is 1. The van der Waals surface area contributed by atoms with Gasteiger partial charge >= 0.3 is 0 Å². The van der Waals surface area contributed by atoms with Crippen LogP contribution < -0.4 is 0 Å². The van der Waals surface area contributed by atoms with E-state index in [0.29, 0.717) is 0 Å². The third-order valence-electron chi connectivity index (χ3n) is 2.65. The molecule has 0 saturated carbocycles. The fraction of sp³-hybridized carbons (Fsp3) is 0. The number of hydrogen-bond donors (Lipinski definition) is 0. The fourth-order valence-electron chi connectivity index (χ4n) is 1.77. The lowest BCUT2D eigenvalue weighted by molar-refractivity contribution is 1.06. The Hall–Kier alpha value is -2.35. The molecule has 0 N–H and O–H groups in total. The van der Waals surface area contributed by atoms with Gasteiger partial charge in [0.15, 0.2) is 0 Å². The van der Waals surface area contributed by atoms with Gasteiger partial charge in [0.05, 0.1) is 12.0 Å². The van der Waals surface area contributed by atoms with Crippen LogP contribution in [0.25, 0.3) is 16.9 Å². The van der Waals surface area contributed by atoms with E-state index in [0.717, 1.165) is 16.9 Å². The highest BCUT2D eigenvalue weighted by Crippen LogP contribution is 2.17. The van der Waals surface area contributed by atoms with Gasteiger partial charge in [-0.3, -0.25) is 0 Å². The molecule has 3 rings (SSSR count). The summed E-state index contributed by atoms with van der Waals surface area (Å²) in [7, 11) is 0. The number of imidazole rings is 1. The average molecular weight is 219 g/mol. The zero-order valence-corrected chi connectivity index (χ0v) is 9.25. The Morgan fingerprint density at radius 1 is 0.941 bits per heavy atom. The van der Waals surface area contributed by atoms with Crippen LogP contribution in [0.1, 0.15) is 0 Å². The van der Waals surface area contributed by atoms with Crippen LogP contribution in [-0.2, 0) is 0 Å². The van der Waals surface area contributed by atoms with Crippen LogP contribution in [0.4, 0.5) is 0 Å². The quantitative estimate of drug-likeness (QED) is 0.646. The van der Waals surface area contributed by atoms with Gasteiger partial charge < -0.3 is 4.57 Å². The Morgan fingerprint density at radius 2 is 1.71 bits per heavy atom. The van der Waals surface area contributed by atoms with Crippen molar-refractivity contribution in [2.75, 3.05) is 0 Å². The van der Waals surface area contributed by atoms with Crippen LogP contribution in [0.15, 0.2) is 67.1 Å². The Balaban J connectivity index is 1.99. The lowest BCUT2D eigenvalue weighted by Gasteiger charge is -1.99. The molecule has 0 unspecified atom stereocenters. The summed E-state index contributed by atoms with van der Waals surface area (Å²) in [6, 6.07) is 21.0. The van der Waals surface area contributed by atoms with E-state index in [9.17, 15) is 0 Å². The average Bonchev–Trinajstić information content (AvgIpc) is 2.90. The Morgan fingerprint density at radius 3 is 2.47 bits per heavy atom. The fourth-order valence-corrected chi connectivity index (χ4v) is 1.77. The van der Waals surface area contributed by atoms with E-state index in [4.69, 9.17) is 0 Å². The van der Waals surface area contributed by atoms with Gasteiger partial charge in [0.2, 0.25) is 0 Å². The van der Waals surface area contributed by atoms with Crippen LogP contribution in [0.3, 0.4) is 0 Å². The summed E-state index contributed by atoms with van der Waals surface area (Å²) < 4.78 is 2.02. The second-order valence-corrected chi connectivity index (χ2v) is 3.79. The lowest BCUT2D eigenvalue weighted by Crippen LogP contribution is -1.87. The van der Waals surface area contributed by atoms with Crippen molar-refractivity contribution in [3.8, 4) is 16.9 Å². The SMILES string of the molecule is [c]1ccc(-c2cn(-c3ccccc3)cn2)cc1. The molecule has 0 aliphatic rings. The minimum atomic E-state index is 0.975. The van der Waals surface area contributed by atoms with E-state index >= 15 is 0 Å². The lowest BCUT2D eigenvalue weighted by atomic mass is 10.2. The molecule has 0 fully saturated rings. The van der Waals surface area contributed by atoms with E-state index in [1.165, 1.54) is 0 Å². The number of nitrogens with zero attached hydrogens (tertiary/aromatic N) is 2. The van der Waals surface area contributed by atoms with Gasteiger partial charge in [-0.05, 0) is 18.2 Å². The molecule has 1 aromatic heterocycles. The maximum atomic E-state index is 4.41. The van der Waals surface area contributed by atoms with Crippen molar-refractivity contribution < 1.29 is 0 Å². The number of aromatic nitrogens is 2. The minimum Gasteiger partial charge on any atom is -0.306 e. The standard InChI is InChI=1S/C15H11N2/c1-3-7-13(8-4-1)15-11-17(12-16-15)14-9-5-2-6-10-14/h2-12H. The first-order valence-electron chi connectivity index (χ1n) is 5.49. The number of rotatable bonds is 2. The molecule has 2 aromatic carbocycles. The van der Waals surface area contributed by atoms with Gasteiger partial charge in [-0.25, -0.2) is 4.98 Å². The van der Waals surface area contributed by atoms with Crippen LogP contribution in [0.5, 0.6) is 0 Å². The molecule has 0 amide bonds. The highest BCUT2D eigenvalue weighted by Gasteiger charge is 2.02. The van der Waals surface area contributed by atoms with Gasteiger partial charge in [-0.15, -0.1) is 0 Å². The molecular weight excluding hydrogens is 208 g/mol. The zero-order valence-electron chi connectivity index (χ0n) is 9.25. The molecule has 0 aliphatic carbocycles. The smallest absolute Gasteiger partial charge is 0.0999 e. The largest absolute Gasteiger partial charge is 0.306 e. The van der Waals surface area contributed by atoms with E-state index in [-0.39, 0.29) is 0 Å². The first-order chi connectivity index (χ1) is 8.43. The summed E-state index contributed by atoms with van der Waals surface area (Å²) >= 11 is 0. The summed E-state index contributed by atoms with van der Waals surface area (Å²) in [4.78, 5) is 4.41. The van der Waals surface area contributed by atoms with Crippen molar-refractivity contribution in [3.63, 3.8) is 0 Å². The van der Waals surface area contributed by atoms with Crippen LogP contribution in [-0.4, -0.2) is 9.55 Å². The predicted octanol–water partition coefficient (Wildman–Crippen LogP) is 3.34. The number of benzene rings is 2. The summed E-state index contributed by atoms with van der Waals surface area (Å²) in [6.45, 7) is 0. The third kappa shape index (κ3) is 1.97. The molecule has 2 heteroatoms. The molecule has 81 valence electrons. The van der Waals surface area contributed by atoms with E-state index in [1.54, 1.807) is 0 Å². The Labute approximate surface area is 100 Å². The van der Waals surface area contributed by atoms with E-state index in [2.05, 4.69) is 23.2 Å². The van der Waals surface area contributed by atoms with Crippen LogP contribution in [0.2, 0.25) is 0 Å². The molecule has 2 nitrogen and oxygen atoms in total. The first kappa shape index (κ1) is 9.85. The van der Waals surface area contributed by atoms with Gasteiger partial charge in [-0.1, -0.05) is 42.5 Å². The topological polar surface area (TPSA) is 17.8 Å². The molecule has 17 heavy (non-hydrogen) atoms. The van der Waals surface area contributed by atoms with Crippen molar-refractivity contribution in [2.24, 2.45) is 0 Å². The van der Waals surface area contributed by atoms with Crippen molar-refractivity contribution in [1.82, 2.24) is 9.55 Å². The molecule has 0 atom stereocenters. The van der Waals surface area contributed by atoms with Crippen molar-refractivity contribution in [3.05, 3.63) is 73.2 Å². The Kier molecular flexibility index (Phi) is 2.47. The molecule has 0 aliphatic heterocycles. The summed E-state index contributed by atoms with van der Waals surface area (Å²) in [5.41, 5.74) is 3.20. The summed E-state index contributed by atoms with van der Waals surface area (Å²) in [6.07, 6.45) is 3.87. The van der Waals surface area contributed by atoms with Crippen LogP contribution in [0, 0.1) is 6.07 Å². The second-order valence-electron chi connectivity index (χ2n) is 3.79. The number of hydrogen-bond acceptors (Lipinski definition) is 1. The maximum Gasteiger partial charge on any atom is 0.0999 e. The second kappa shape index (κ2) is 4.26. The highest BCUT2D eigenvalue weighted by atomic mass is 15.0. The molecule has 0 bridgehead atoms. The Bertz CT molecular complexity index is 543. The molecule has 3 aromatic rings. The summed E-state index contributed by atoms with van der Waals surface area (Å²) in [5, 5.41) is 0. The molecule has 1 radical (unpaired) electrons. The maximum absolute atomic E-state index is 4.41. The van der Waals surface area contributed by atoms with Gasteiger partial charge in [-0.2, -0.15) is 0 Å². The van der Waals surface area contributed by atoms with Gasteiger partial charge in [0.1, 0.15) is 0 Å². The predicted molar refractivity (Wildman–Crippen MR) is 67.8 cm³/mol. The first-order valence-corrected chi connectivity index (χ1v) is 5.49.